The molecular weight excluding hydrogens is 308 g/mol. The summed E-state index contributed by atoms with van der Waals surface area (Å²) >= 11 is 5.74. The first-order chi connectivity index (χ1) is 10.1. The molecule has 0 bridgehead atoms. The molecule has 1 heterocycles. The molecule has 0 spiro atoms. The second kappa shape index (κ2) is 5.50. The van der Waals surface area contributed by atoms with Gasteiger partial charge in [0.2, 0.25) is 0 Å². The summed E-state index contributed by atoms with van der Waals surface area (Å²) in [6.07, 6.45) is 0. The second-order valence-corrected chi connectivity index (χ2v) is 6.63. The van der Waals surface area contributed by atoms with Gasteiger partial charge in [-0.3, -0.25) is 9.71 Å². The van der Waals surface area contributed by atoms with E-state index in [2.05, 4.69) is 9.71 Å². The van der Waals surface area contributed by atoms with E-state index >= 15 is 0 Å². The molecule has 6 heteroatoms. The number of nitrogens with zero attached hydrogens (tertiary/aromatic N) is 1. The highest BCUT2D eigenvalue weighted by molar-refractivity contribution is 7.90. The minimum Gasteiger partial charge on any atom is -0.263 e. The summed E-state index contributed by atoms with van der Waals surface area (Å²) in [5.41, 5.74) is 2.66. The maximum atomic E-state index is 12.0. The molecule has 1 aliphatic rings. The maximum absolute atomic E-state index is 12.0. The smallest absolute Gasteiger partial charge is 0.263 e. The molecular formula is C15H13ClN2O2S. The van der Waals surface area contributed by atoms with Crippen LogP contribution in [0.3, 0.4) is 0 Å². The summed E-state index contributed by atoms with van der Waals surface area (Å²) in [4.78, 5) is 4.66. The Hall–Kier alpha value is -1.85. The van der Waals surface area contributed by atoms with Crippen LogP contribution in [0.1, 0.15) is 16.7 Å². The van der Waals surface area contributed by atoms with E-state index in [1.165, 1.54) is 0 Å². The quantitative estimate of drug-likeness (QED) is 0.884. The van der Waals surface area contributed by atoms with E-state index in [4.69, 9.17) is 11.6 Å². The number of fused-ring (bicyclic) bond motifs is 1. The zero-order valence-electron chi connectivity index (χ0n) is 11.1. The summed E-state index contributed by atoms with van der Waals surface area (Å²) in [6.45, 7) is 0.411. The molecule has 0 saturated heterocycles. The molecule has 3 rings (SSSR count). The number of sulfonamides is 1. The van der Waals surface area contributed by atoms with Crippen molar-refractivity contribution >= 4 is 27.5 Å². The van der Waals surface area contributed by atoms with Crippen LogP contribution in [0.5, 0.6) is 0 Å². The van der Waals surface area contributed by atoms with E-state index in [1.807, 2.05) is 24.3 Å². The Balaban J connectivity index is 1.88. The summed E-state index contributed by atoms with van der Waals surface area (Å²) in [5.74, 6) is 0.870. The predicted molar refractivity (Wildman–Crippen MR) is 83.0 cm³/mol. The van der Waals surface area contributed by atoms with Crippen LogP contribution in [0, 0.1) is 0 Å². The SMILES string of the molecule is O=S1(=O)NC(=NCc2ccc(CCl)cc2)c2ccccc21. The average Bonchev–Trinajstić information content (AvgIpc) is 2.77. The lowest BCUT2D eigenvalue weighted by Gasteiger charge is -2.01. The number of halogens is 1. The van der Waals surface area contributed by atoms with E-state index in [9.17, 15) is 8.42 Å². The number of amidine groups is 1. The van der Waals surface area contributed by atoms with Crippen molar-refractivity contribution in [1.29, 1.82) is 0 Å². The van der Waals surface area contributed by atoms with E-state index in [0.717, 1.165) is 11.1 Å². The van der Waals surface area contributed by atoms with Gasteiger partial charge in [-0.15, -0.1) is 11.6 Å². The lowest BCUT2D eigenvalue weighted by molar-refractivity contribution is 0.595. The Morgan fingerprint density at radius 3 is 2.38 bits per heavy atom. The molecule has 1 aliphatic heterocycles. The molecule has 0 fully saturated rings. The molecule has 1 N–H and O–H groups in total. The standard InChI is InChI=1S/C15H13ClN2O2S/c16-9-11-5-7-12(8-6-11)10-17-15-13-3-1-2-4-14(13)21(19,20)18-15/h1-8H,9-10H2,(H,17,18). The van der Waals surface area contributed by atoms with Gasteiger partial charge in [0.15, 0.2) is 0 Å². The number of rotatable bonds is 3. The average molecular weight is 321 g/mol. The number of aliphatic imine (C=N–C) groups is 1. The van der Waals surface area contributed by atoms with Gasteiger partial charge in [-0.1, -0.05) is 36.4 Å². The van der Waals surface area contributed by atoms with Crippen LogP contribution in [-0.2, 0) is 22.4 Å². The molecule has 21 heavy (non-hydrogen) atoms. The van der Waals surface area contributed by atoms with Gasteiger partial charge in [-0.2, -0.15) is 0 Å². The van der Waals surface area contributed by atoms with Crippen molar-refractivity contribution in [2.45, 2.75) is 17.3 Å². The van der Waals surface area contributed by atoms with Crippen LogP contribution in [-0.4, -0.2) is 14.3 Å². The molecule has 0 aromatic heterocycles. The maximum Gasteiger partial charge on any atom is 0.263 e. The molecule has 0 unspecified atom stereocenters. The highest BCUT2D eigenvalue weighted by atomic mass is 35.5. The van der Waals surface area contributed by atoms with E-state index in [-0.39, 0.29) is 4.90 Å². The highest BCUT2D eigenvalue weighted by Gasteiger charge is 2.29. The molecule has 4 nitrogen and oxygen atoms in total. The third-order valence-electron chi connectivity index (χ3n) is 3.26. The van der Waals surface area contributed by atoms with Crippen LogP contribution in [0.4, 0.5) is 0 Å². The Morgan fingerprint density at radius 2 is 1.67 bits per heavy atom. The molecule has 0 aliphatic carbocycles. The summed E-state index contributed by atoms with van der Waals surface area (Å²) < 4.78 is 26.4. The monoisotopic (exact) mass is 320 g/mol. The Morgan fingerprint density at radius 1 is 1.00 bits per heavy atom. The number of hydrogen-bond donors (Lipinski definition) is 1. The minimum absolute atomic E-state index is 0.279. The van der Waals surface area contributed by atoms with Crippen LogP contribution in [0.25, 0.3) is 0 Å². The Labute approximate surface area is 128 Å². The predicted octanol–water partition coefficient (Wildman–Crippen LogP) is 2.66. The Kier molecular flexibility index (Phi) is 3.69. The fourth-order valence-electron chi connectivity index (χ4n) is 2.16. The van der Waals surface area contributed by atoms with Crippen molar-refractivity contribution in [3.05, 3.63) is 65.2 Å². The fraction of sp³-hybridized carbons (Fsp3) is 0.133. The van der Waals surface area contributed by atoms with E-state index in [0.29, 0.717) is 23.8 Å². The van der Waals surface area contributed by atoms with Gasteiger partial charge in [-0.05, 0) is 23.3 Å². The first-order valence-corrected chi connectivity index (χ1v) is 8.42. The van der Waals surface area contributed by atoms with Gasteiger partial charge in [0, 0.05) is 11.4 Å². The zero-order chi connectivity index (χ0) is 14.9. The molecule has 2 aromatic carbocycles. The highest BCUT2D eigenvalue weighted by Crippen LogP contribution is 2.22. The van der Waals surface area contributed by atoms with Gasteiger partial charge < -0.3 is 0 Å². The van der Waals surface area contributed by atoms with Crippen LogP contribution >= 0.6 is 11.6 Å². The van der Waals surface area contributed by atoms with Crippen molar-refractivity contribution in [3.63, 3.8) is 0 Å². The lowest BCUT2D eigenvalue weighted by Crippen LogP contribution is -2.22. The first kappa shape index (κ1) is 14.1. The largest absolute Gasteiger partial charge is 0.263 e. The normalized spacial score (nSPS) is 17.5. The van der Waals surface area contributed by atoms with E-state index in [1.54, 1.807) is 24.3 Å². The molecule has 0 radical (unpaired) electrons. The Bertz CT molecular complexity index is 799. The van der Waals surface area contributed by atoms with Crippen LogP contribution in [0.2, 0.25) is 0 Å². The van der Waals surface area contributed by atoms with Crippen molar-refractivity contribution in [1.82, 2.24) is 4.72 Å². The molecule has 108 valence electrons. The topological polar surface area (TPSA) is 58.5 Å². The molecule has 2 aromatic rings. The van der Waals surface area contributed by atoms with Crippen LogP contribution < -0.4 is 4.72 Å². The van der Waals surface area contributed by atoms with Crippen molar-refractivity contribution in [2.24, 2.45) is 4.99 Å². The third kappa shape index (κ3) is 2.80. The first-order valence-electron chi connectivity index (χ1n) is 6.40. The van der Waals surface area contributed by atoms with Gasteiger partial charge in [0.05, 0.1) is 11.4 Å². The number of nitrogens with one attached hydrogen (secondary N) is 1. The summed E-state index contributed by atoms with van der Waals surface area (Å²) in [5, 5.41) is 0. The summed E-state index contributed by atoms with van der Waals surface area (Å²) in [6, 6.07) is 14.6. The lowest BCUT2D eigenvalue weighted by atomic mass is 10.1. The van der Waals surface area contributed by atoms with Gasteiger partial charge in [0.1, 0.15) is 5.84 Å². The van der Waals surface area contributed by atoms with E-state index < -0.39 is 10.0 Å². The van der Waals surface area contributed by atoms with Crippen molar-refractivity contribution in [2.75, 3.05) is 0 Å². The second-order valence-electron chi connectivity index (χ2n) is 4.72. The summed E-state index contributed by atoms with van der Waals surface area (Å²) in [7, 11) is -3.47. The molecule has 0 atom stereocenters. The fourth-order valence-corrected chi connectivity index (χ4v) is 3.58. The molecule has 0 amide bonds. The van der Waals surface area contributed by atoms with Crippen LogP contribution in [0.15, 0.2) is 58.4 Å². The van der Waals surface area contributed by atoms with Gasteiger partial charge in [0.25, 0.3) is 10.0 Å². The number of hydrogen-bond acceptors (Lipinski definition) is 3. The third-order valence-corrected chi connectivity index (χ3v) is 4.97. The number of benzene rings is 2. The molecule has 0 saturated carbocycles. The van der Waals surface area contributed by atoms with Crippen molar-refractivity contribution < 1.29 is 8.42 Å². The number of alkyl halides is 1. The van der Waals surface area contributed by atoms with Crippen molar-refractivity contribution in [3.8, 4) is 0 Å². The zero-order valence-corrected chi connectivity index (χ0v) is 12.7. The minimum atomic E-state index is -3.47. The van der Waals surface area contributed by atoms with Gasteiger partial charge in [-0.25, -0.2) is 8.42 Å². The van der Waals surface area contributed by atoms with Gasteiger partial charge >= 0.3 is 0 Å².